The zero-order chi connectivity index (χ0) is 12.6. The minimum absolute atomic E-state index is 0.141. The molecule has 92 valence electrons. The Morgan fingerprint density at radius 2 is 2.00 bits per heavy atom. The highest BCUT2D eigenvalue weighted by molar-refractivity contribution is 5.85. The van der Waals surface area contributed by atoms with Gasteiger partial charge in [-0.05, 0) is 26.1 Å². The Morgan fingerprint density at radius 1 is 1.29 bits per heavy atom. The van der Waals surface area contributed by atoms with Crippen LogP contribution in [0.5, 0.6) is 0 Å². The van der Waals surface area contributed by atoms with Crippen LogP contribution >= 0.6 is 0 Å². The molecule has 2 aromatic rings. The summed E-state index contributed by atoms with van der Waals surface area (Å²) < 4.78 is 43.8. The van der Waals surface area contributed by atoms with Crippen molar-refractivity contribution >= 4 is 11.0 Å². The first-order valence-corrected chi connectivity index (χ1v) is 5.19. The SMILES string of the molecule is CNC(C)c1coc2cccc(C(F)(F)F)c12. The van der Waals surface area contributed by atoms with E-state index in [9.17, 15) is 13.2 Å². The number of hydrogen-bond donors (Lipinski definition) is 1. The zero-order valence-electron chi connectivity index (χ0n) is 9.43. The Balaban J connectivity index is 2.72. The van der Waals surface area contributed by atoms with Gasteiger partial charge >= 0.3 is 6.18 Å². The summed E-state index contributed by atoms with van der Waals surface area (Å²) in [7, 11) is 1.69. The molecule has 0 saturated heterocycles. The summed E-state index contributed by atoms with van der Waals surface area (Å²) in [6.45, 7) is 1.79. The molecule has 1 N–H and O–H groups in total. The van der Waals surface area contributed by atoms with E-state index < -0.39 is 11.7 Å². The number of hydrogen-bond acceptors (Lipinski definition) is 2. The van der Waals surface area contributed by atoms with Crippen molar-refractivity contribution in [1.82, 2.24) is 5.32 Å². The van der Waals surface area contributed by atoms with Crippen molar-refractivity contribution < 1.29 is 17.6 Å². The molecule has 2 nitrogen and oxygen atoms in total. The zero-order valence-corrected chi connectivity index (χ0v) is 9.43. The van der Waals surface area contributed by atoms with E-state index in [1.807, 2.05) is 0 Å². The molecule has 0 saturated carbocycles. The van der Waals surface area contributed by atoms with Gasteiger partial charge in [-0.15, -0.1) is 0 Å². The summed E-state index contributed by atoms with van der Waals surface area (Å²) in [6, 6.07) is 3.77. The third-order valence-corrected chi connectivity index (χ3v) is 2.83. The third-order valence-electron chi connectivity index (χ3n) is 2.83. The molecule has 1 aromatic carbocycles. The molecule has 2 rings (SSSR count). The molecule has 0 aliphatic heterocycles. The van der Waals surface area contributed by atoms with Crippen molar-refractivity contribution in [2.24, 2.45) is 0 Å². The van der Waals surface area contributed by atoms with E-state index in [1.165, 1.54) is 18.4 Å². The lowest BCUT2D eigenvalue weighted by Gasteiger charge is -2.12. The maximum absolute atomic E-state index is 12.9. The molecule has 0 amide bonds. The predicted molar refractivity (Wildman–Crippen MR) is 58.7 cm³/mol. The van der Waals surface area contributed by atoms with Gasteiger partial charge in [-0.25, -0.2) is 0 Å². The predicted octanol–water partition coefficient (Wildman–Crippen LogP) is 3.73. The van der Waals surface area contributed by atoms with E-state index in [2.05, 4.69) is 5.32 Å². The molecule has 1 unspecified atom stereocenters. The Bertz CT molecular complexity index is 530. The first-order valence-electron chi connectivity index (χ1n) is 5.19. The van der Waals surface area contributed by atoms with Crippen LogP contribution in [0.4, 0.5) is 13.2 Å². The van der Waals surface area contributed by atoms with Crippen LogP contribution in [-0.2, 0) is 6.18 Å². The van der Waals surface area contributed by atoms with Crippen molar-refractivity contribution in [2.75, 3.05) is 7.05 Å². The molecule has 1 heterocycles. The lowest BCUT2D eigenvalue weighted by Crippen LogP contribution is -2.13. The van der Waals surface area contributed by atoms with Gasteiger partial charge in [0.1, 0.15) is 5.58 Å². The van der Waals surface area contributed by atoms with Crippen LogP contribution in [0.1, 0.15) is 24.1 Å². The first kappa shape index (κ1) is 12.0. The fourth-order valence-electron chi connectivity index (χ4n) is 1.82. The summed E-state index contributed by atoms with van der Waals surface area (Å²) in [6.07, 6.45) is -2.99. The molecule has 17 heavy (non-hydrogen) atoms. The van der Waals surface area contributed by atoms with Crippen LogP contribution < -0.4 is 5.32 Å². The standard InChI is InChI=1S/C12H12F3NO/c1-7(16-2)8-6-17-10-5-3-4-9(11(8)10)12(13,14)15/h3-7,16H,1-2H3. The van der Waals surface area contributed by atoms with Gasteiger partial charge < -0.3 is 9.73 Å². The topological polar surface area (TPSA) is 25.2 Å². The van der Waals surface area contributed by atoms with Gasteiger partial charge in [-0.2, -0.15) is 13.2 Å². The Hall–Kier alpha value is -1.49. The van der Waals surface area contributed by atoms with Crippen molar-refractivity contribution in [1.29, 1.82) is 0 Å². The molecule has 0 aliphatic rings. The minimum Gasteiger partial charge on any atom is -0.464 e. The second-order valence-electron chi connectivity index (χ2n) is 3.88. The van der Waals surface area contributed by atoms with Crippen molar-refractivity contribution in [3.05, 3.63) is 35.6 Å². The molecule has 1 aromatic heterocycles. The Morgan fingerprint density at radius 3 is 2.59 bits per heavy atom. The monoisotopic (exact) mass is 243 g/mol. The fourth-order valence-corrected chi connectivity index (χ4v) is 1.82. The van der Waals surface area contributed by atoms with Crippen LogP contribution in [0, 0.1) is 0 Å². The van der Waals surface area contributed by atoms with E-state index in [1.54, 1.807) is 14.0 Å². The average molecular weight is 243 g/mol. The average Bonchev–Trinajstić information content (AvgIpc) is 2.70. The molecular formula is C12H12F3NO. The number of alkyl halides is 3. The van der Waals surface area contributed by atoms with Gasteiger partial charge in [0.15, 0.2) is 0 Å². The maximum atomic E-state index is 12.9. The second-order valence-corrected chi connectivity index (χ2v) is 3.88. The van der Waals surface area contributed by atoms with Crippen LogP contribution in [0.2, 0.25) is 0 Å². The molecule has 0 radical (unpaired) electrons. The van der Waals surface area contributed by atoms with Crippen LogP contribution in [0.25, 0.3) is 11.0 Å². The molecule has 0 aliphatic carbocycles. The fraction of sp³-hybridized carbons (Fsp3) is 0.333. The molecule has 0 bridgehead atoms. The summed E-state index contributed by atoms with van der Waals surface area (Å²) in [4.78, 5) is 0. The summed E-state index contributed by atoms with van der Waals surface area (Å²) in [5, 5.41) is 3.05. The lowest BCUT2D eigenvalue weighted by atomic mass is 10.0. The van der Waals surface area contributed by atoms with Crippen LogP contribution in [-0.4, -0.2) is 7.05 Å². The van der Waals surface area contributed by atoms with E-state index in [0.29, 0.717) is 5.56 Å². The smallest absolute Gasteiger partial charge is 0.417 e. The summed E-state index contributed by atoms with van der Waals surface area (Å²) in [5.41, 5.74) is 0.133. The number of nitrogens with one attached hydrogen (secondary N) is 1. The summed E-state index contributed by atoms with van der Waals surface area (Å²) >= 11 is 0. The van der Waals surface area contributed by atoms with Crippen molar-refractivity contribution in [2.45, 2.75) is 19.1 Å². The minimum atomic E-state index is -4.37. The van der Waals surface area contributed by atoms with Gasteiger partial charge in [-0.3, -0.25) is 0 Å². The number of furan rings is 1. The highest BCUT2D eigenvalue weighted by Gasteiger charge is 2.34. The second kappa shape index (κ2) is 4.07. The number of halogens is 3. The Labute approximate surface area is 96.4 Å². The normalized spacial score (nSPS) is 14.2. The van der Waals surface area contributed by atoms with Crippen LogP contribution in [0.15, 0.2) is 28.9 Å². The van der Waals surface area contributed by atoms with E-state index >= 15 is 0 Å². The number of benzene rings is 1. The van der Waals surface area contributed by atoms with Gasteiger partial charge in [0, 0.05) is 17.0 Å². The van der Waals surface area contributed by atoms with E-state index in [4.69, 9.17) is 4.42 Å². The van der Waals surface area contributed by atoms with Gasteiger partial charge in [0.25, 0.3) is 0 Å². The van der Waals surface area contributed by atoms with Crippen LogP contribution in [0.3, 0.4) is 0 Å². The largest absolute Gasteiger partial charge is 0.464 e. The molecular weight excluding hydrogens is 231 g/mol. The highest BCUT2D eigenvalue weighted by atomic mass is 19.4. The maximum Gasteiger partial charge on any atom is 0.417 e. The van der Waals surface area contributed by atoms with Crippen molar-refractivity contribution in [3.63, 3.8) is 0 Å². The highest BCUT2D eigenvalue weighted by Crippen LogP contribution is 2.38. The van der Waals surface area contributed by atoms with Gasteiger partial charge in [-0.1, -0.05) is 6.07 Å². The third kappa shape index (κ3) is 2.02. The van der Waals surface area contributed by atoms with Crippen molar-refractivity contribution in [3.8, 4) is 0 Å². The Kier molecular flexibility index (Phi) is 2.87. The molecule has 0 spiro atoms. The number of fused-ring (bicyclic) bond motifs is 1. The lowest BCUT2D eigenvalue weighted by molar-refractivity contribution is -0.136. The van der Waals surface area contributed by atoms with E-state index in [-0.39, 0.29) is 17.0 Å². The van der Waals surface area contributed by atoms with Gasteiger partial charge in [0.2, 0.25) is 0 Å². The van der Waals surface area contributed by atoms with E-state index in [0.717, 1.165) is 6.07 Å². The molecule has 0 fully saturated rings. The number of rotatable bonds is 2. The van der Waals surface area contributed by atoms with Gasteiger partial charge in [0.05, 0.1) is 11.8 Å². The molecule has 5 heteroatoms. The molecule has 1 atom stereocenters. The summed E-state index contributed by atoms with van der Waals surface area (Å²) in [5.74, 6) is 0. The first-order chi connectivity index (χ1) is 7.95. The quantitative estimate of drug-likeness (QED) is 0.869.